The van der Waals surface area contributed by atoms with Gasteiger partial charge in [-0.25, -0.2) is 4.39 Å². The number of halogens is 1. The number of hydrogen-bond acceptors (Lipinski definition) is 2. The Hall–Kier alpha value is -1.38. The molecule has 3 unspecified atom stereocenters. The van der Waals surface area contributed by atoms with Crippen LogP contribution in [0.2, 0.25) is 0 Å². The lowest BCUT2D eigenvalue weighted by molar-refractivity contribution is 0.0596. The van der Waals surface area contributed by atoms with Gasteiger partial charge < -0.3 is 4.74 Å². The van der Waals surface area contributed by atoms with E-state index in [1.165, 1.54) is 31.0 Å². The number of carbonyl (C=O) groups is 1. The van der Waals surface area contributed by atoms with E-state index in [2.05, 4.69) is 6.92 Å². The van der Waals surface area contributed by atoms with Crippen molar-refractivity contribution in [1.29, 1.82) is 0 Å². The Kier molecular flexibility index (Phi) is 3.29. The molecule has 0 bridgehead atoms. The summed E-state index contributed by atoms with van der Waals surface area (Å²) in [6, 6.07) is 4.20. The van der Waals surface area contributed by atoms with E-state index >= 15 is 0 Å². The molecule has 1 heterocycles. The van der Waals surface area contributed by atoms with Crippen molar-refractivity contribution in [2.24, 2.45) is 11.8 Å². The second-order valence-electron chi connectivity index (χ2n) is 5.96. The van der Waals surface area contributed by atoms with Crippen molar-refractivity contribution in [2.75, 3.05) is 0 Å². The van der Waals surface area contributed by atoms with Crippen LogP contribution in [0.1, 0.15) is 49.4 Å². The highest BCUT2D eigenvalue weighted by atomic mass is 19.1. The summed E-state index contributed by atoms with van der Waals surface area (Å²) in [5.41, 5.74) is 0.529. The van der Waals surface area contributed by atoms with Gasteiger partial charge in [-0.3, -0.25) is 4.79 Å². The van der Waals surface area contributed by atoms with Gasteiger partial charge in [-0.15, -0.1) is 0 Å². The van der Waals surface area contributed by atoms with Gasteiger partial charge in [-0.05, 0) is 36.8 Å². The fraction of sp³-hybridized carbons (Fsp3) is 0.562. The molecule has 0 amide bonds. The minimum atomic E-state index is -0.343. The van der Waals surface area contributed by atoms with E-state index in [9.17, 15) is 9.18 Å². The Bertz CT molecular complexity index is 498. The van der Waals surface area contributed by atoms with E-state index in [1.54, 1.807) is 0 Å². The van der Waals surface area contributed by atoms with Gasteiger partial charge in [0.25, 0.3) is 0 Å². The lowest BCUT2D eigenvalue weighted by Gasteiger charge is -2.35. The minimum absolute atomic E-state index is 0.0652. The van der Waals surface area contributed by atoms with Crippen LogP contribution in [-0.4, -0.2) is 11.9 Å². The van der Waals surface area contributed by atoms with Crippen molar-refractivity contribution in [3.63, 3.8) is 0 Å². The van der Waals surface area contributed by atoms with Crippen LogP contribution in [0.4, 0.5) is 4.39 Å². The topological polar surface area (TPSA) is 26.3 Å². The number of rotatable bonds is 1. The standard InChI is InChI=1S/C16H19FO2/c1-10-3-2-4-11(7-10)15-9-14(18)13-6-5-12(17)8-16(13)19-15/h5-6,8,10-11,15H,2-4,7,9H2,1H3. The normalized spacial score (nSPS) is 30.6. The zero-order valence-corrected chi connectivity index (χ0v) is 11.2. The lowest BCUT2D eigenvalue weighted by Crippen LogP contribution is -2.36. The second kappa shape index (κ2) is 4.95. The highest BCUT2D eigenvalue weighted by molar-refractivity contribution is 5.99. The summed E-state index contributed by atoms with van der Waals surface area (Å²) in [4.78, 5) is 12.1. The Morgan fingerprint density at radius 3 is 2.95 bits per heavy atom. The number of carbonyl (C=O) groups excluding carboxylic acids is 1. The van der Waals surface area contributed by atoms with Crippen LogP contribution in [0.25, 0.3) is 0 Å². The van der Waals surface area contributed by atoms with Gasteiger partial charge in [0.15, 0.2) is 5.78 Å². The maximum Gasteiger partial charge on any atom is 0.170 e. The summed E-state index contributed by atoms with van der Waals surface area (Å²) < 4.78 is 19.2. The molecule has 2 nitrogen and oxygen atoms in total. The van der Waals surface area contributed by atoms with Crippen LogP contribution < -0.4 is 4.74 Å². The van der Waals surface area contributed by atoms with Crippen LogP contribution in [-0.2, 0) is 0 Å². The fourth-order valence-corrected chi connectivity index (χ4v) is 3.40. The molecule has 1 fully saturated rings. The van der Waals surface area contributed by atoms with Gasteiger partial charge in [-0.2, -0.15) is 0 Å². The summed E-state index contributed by atoms with van der Waals surface area (Å²) in [7, 11) is 0. The fourth-order valence-electron chi connectivity index (χ4n) is 3.40. The molecule has 1 saturated carbocycles. The van der Waals surface area contributed by atoms with E-state index in [1.807, 2.05) is 0 Å². The van der Waals surface area contributed by atoms with E-state index in [0.29, 0.717) is 29.6 Å². The predicted octanol–water partition coefficient (Wildman–Crippen LogP) is 3.99. The van der Waals surface area contributed by atoms with Gasteiger partial charge in [0.1, 0.15) is 17.7 Å². The van der Waals surface area contributed by atoms with Crippen LogP contribution in [0.15, 0.2) is 18.2 Å². The first-order valence-corrected chi connectivity index (χ1v) is 7.13. The molecule has 3 heteroatoms. The molecule has 2 aliphatic rings. The summed E-state index contributed by atoms with van der Waals surface area (Å²) >= 11 is 0. The molecule has 0 radical (unpaired) electrons. The van der Waals surface area contributed by atoms with Crippen molar-refractivity contribution in [1.82, 2.24) is 0 Å². The second-order valence-corrected chi connectivity index (χ2v) is 5.96. The maximum absolute atomic E-state index is 13.3. The smallest absolute Gasteiger partial charge is 0.170 e. The van der Waals surface area contributed by atoms with E-state index in [-0.39, 0.29) is 17.7 Å². The minimum Gasteiger partial charge on any atom is -0.489 e. The third-order valence-electron chi connectivity index (χ3n) is 4.41. The molecular weight excluding hydrogens is 243 g/mol. The Morgan fingerprint density at radius 1 is 1.32 bits per heavy atom. The quantitative estimate of drug-likeness (QED) is 0.765. The number of fused-ring (bicyclic) bond motifs is 1. The van der Waals surface area contributed by atoms with Crippen molar-refractivity contribution in [3.8, 4) is 5.75 Å². The van der Waals surface area contributed by atoms with Crippen molar-refractivity contribution in [3.05, 3.63) is 29.6 Å². The number of Topliss-reactive ketones (excluding diaryl/α,β-unsaturated/α-hetero) is 1. The summed E-state index contributed by atoms with van der Waals surface area (Å²) in [6.07, 6.45) is 5.08. The number of ether oxygens (including phenoxy) is 1. The number of ketones is 1. The molecule has 0 aromatic heterocycles. The molecular formula is C16H19FO2. The van der Waals surface area contributed by atoms with Gasteiger partial charge in [0.2, 0.25) is 0 Å². The van der Waals surface area contributed by atoms with Crippen molar-refractivity contribution >= 4 is 5.78 Å². The number of hydrogen-bond donors (Lipinski definition) is 0. The molecule has 19 heavy (non-hydrogen) atoms. The Balaban J connectivity index is 1.82. The van der Waals surface area contributed by atoms with Crippen LogP contribution >= 0.6 is 0 Å². The van der Waals surface area contributed by atoms with Gasteiger partial charge >= 0.3 is 0 Å². The first-order valence-electron chi connectivity index (χ1n) is 7.13. The highest BCUT2D eigenvalue weighted by Crippen LogP contribution is 2.37. The Morgan fingerprint density at radius 2 is 2.16 bits per heavy atom. The predicted molar refractivity (Wildman–Crippen MR) is 70.9 cm³/mol. The molecule has 1 aliphatic carbocycles. The monoisotopic (exact) mass is 262 g/mol. The zero-order valence-electron chi connectivity index (χ0n) is 11.2. The van der Waals surface area contributed by atoms with Crippen LogP contribution in [0.3, 0.4) is 0 Å². The first kappa shape index (κ1) is 12.6. The summed E-state index contributed by atoms with van der Waals surface area (Å²) in [5.74, 6) is 1.31. The molecule has 0 N–H and O–H groups in total. The highest BCUT2D eigenvalue weighted by Gasteiger charge is 2.34. The molecule has 1 aliphatic heterocycles. The molecule has 3 atom stereocenters. The van der Waals surface area contributed by atoms with Gasteiger partial charge in [0, 0.05) is 12.5 Å². The number of benzene rings is 1. The SMILES string of the molecule is CC1CCCC(C2CC(=O)c3ccc(F)cc3O2)C1. The molecule has 0 saturated heterocycles. The molecule has 3 rings (SSSR count). The Labute approximate surface area is 113 Å². The van der Waals surface area contributed by atoms with E-state index in [4.69, 9.17) is 4.74 Å². The summed E-state index contributed by atoms with van der Waals surface area (Å²) in [5, 5.41) is 0. The van der Waals surface area contributed by atoms with E-state index in [0.717, 1.165) is 12.8 Å². The van der Waals surface area contributed by atoms with Crippen molar-refractivity contribution in [2.45, 2.75) is 45.1 Å². The first-order chi connectivity index (χ1) is 9.13. The molecule has 0 spiro atoms. The molecule has 102 valence electrons. The third-order valence-corrected chi connectivity index (χ3v) is 4.41. The summed E-state index contributed by atoms with van der Waals surface area (Å²) in [6.45, 7) is 2.25. The van der Waals surface area contributed by atoms with Gasteiger partial charge in [-0.1, -0.05) is 19.8 Å². The molecule has 1 aromatic carbocycles. The molecule has 1 aromatic rings. The lowest BCUT2D eigenvalue weighted by atomic mass is 9.77. The maximum atomic E-state index is 13.3. The average molecular weight is 262 g/mol. The van der Waals surface area contributed by atoms with Crippen molar-refractivity contribution < 1.29 is 13.9 Å². The zero-order chi connectivity index (χ0) is 13.4. The largest absolute Gasteiger partial charge is 0.489 e. The van der Waals surface area contributed by atoms with Crippen LogP contribution in [0.5, 0.6) is 5.75 Å². The van der Waals surface area contributed by atoms with E-state index < -0.39 is 0 Å². The van der Waals surface area contributed by atoms with Gasteiger partial charge in [0.05, 0.1) is 5.56 Å². The average Bonchev–Trinajstić information content (AvgIpc) is 2.38. The van der Waals surface area contributed by atoms with Crippen LogP contribution in [0, 0.1) is 17.7 Å². The third kappa shape index (κ3) is 2.51.